The molecule has 0 radical (unpaired) electrons. The van der Waals surface area contributed by atoms with Gasteiger partial charge in [-0.2, -0.15) is 0 Å². The van der Waals surface area contributed by atoms with Gasteiger partial charge in [-0.05, 0) is 26.2 Å². The molecule has 1 N–H and O–H groups in total. The van der Waals surface area contributed by atoms with E-state index in [1.807, 2.05) is 0 Å². The van der Waals surface area contributed by atoms with E-state index in [9.17, 15) is 14.7 Å². The Morgan fingerprint density at radius 2 is 1.53 bits per heavy atom. The van der Waals surface area contributed by atoms with Gasteiger partial charge in [-0.15, -0.1) is 0 Å². The standard InChI is InChI=1S/C12H23NO4/c1-11(2,3)8(9(14)15)13(7)10(16)17-12(4,5)6/h8H,1-7H3,(H,14,15)/t8-/m0/s1. The van der Waals surface area contributed by atoms with Crippen LogP contribution in [-0.4, -0.2) is 40.8 Å². The number of carboxylic acids is 1. The van der Waals surface area contributed by atoms with Crippen LogP contribution in [-0.2, 0) is 9.53 Å². The molecule has 0 fully saturated rings. The van der Waals surface area contributed by atoms with Gasteiger partial charge in [0.15, 0.2) is 0 Å². The minimum absolute atomic E-state index is 0.558. The molecule has 0 bridgehead atoms. The van der Waals surface area contributed by atoms with Gasteiger partial charge in [-0.3, -0.25) is 4.90 Å². The number of hydrogen-bond donors (Lipinski definition) is 1. The zero-order chi connectivity index (χ0) is 14.0. The van der Waals surface area contributed by atoms with E-state index in [2.05, 4.69) is 0 Å². The summed E-state index contributed by atoms with van der Waals surface area (Å²) in [5, 5.41) is 9.18. The van der Waals surface area contributed by atoms with Crippen molar-refractivity contribution in [3.8, 4) is 0 Å². The summed E-state index contributed by atoms with van der Waals surface area (Å²) in [6, 6.07) is -0.919. The molecule has 0 rings (SSSR count). The molecule has 0 saturated carbocycles. The van der Waals surface area contributed by atoms with Crippen molar-refractivity contribution in [2.45, 2.75) is 53.2 Å². The second-order valence-electron chi connectivity index (χ2n) is 6.20. The Kier molecular flexibility index (Phi) is 4.57. The lowest BCUT2D eigenvalue weighted by atomic mass is 9.86. The van der Waals surface area contributed by atoms with Gasteiger partial charge in [-0.25, -0.2) is 9.59 Å². The van der Waals surface area contributed by atoms with E-state index < -0.39 is 29.1 Å². The molecule has 0 unspecified atom stereocenters. The lowest BCUT2D eigenvalue weighted by Gasteiger charge is -2.35. The normalized spacial score (nSPS) is 14.1. The summed E-state index contributed by atoms with van der Waals surface area (Å²) in [5.74, 6) is -1.04. The van der Waals surface area contributed by atoms with Crippen LogP contribution in [0.2, 0.25) is 0 Å². The summed E-state index contributed by atoms with van der Waals surface area (Å²) in [6.07, 6.45) is -0.625. The highest BCUT2D eigenvalue weighted by Crippen LogP contribution is 2.25. The van der Waals surface area contributed by atoms with Crippen molar-refractivity contribution in [3.63, 3.8) is 0 Å². The molecule has 5 nitrogen and oxygen atoms in total. The quantitative estimate of drug-likeness (QED) is 0.811. The highest BCUT2D eigenvalue weighted by Gasteiger charge is 2.38. The number of likely N-dealkylation sites (N-methyl/N-ethyl adjacent to an activating group) is 1. The number of amides is 1. The predicted octanol–water partition coefficient (Wildman–Crippen LogP) is 2.35. The Hall–Kier alpha value is -1.26. The first-order valence-corrected chi connectivity index (χ1v) is 5.55. The molecular weight excluding hydrogens is 222 g/mol. The van der Waals surface area contributed by atoms with Crippen molar-refractivity contribution >= 4 is 12.1 Å². The molecule has 0 aliphatic rings. The number of aliphatic carboxylic acids is 1. The van der Waals surface area contributed by atoms with Crippen LogP contribution in [0, 0.1) is 5.41 Å². The topological polar surface area (TPSA) is 66.8 Å². The van der Waals surface area contributed by atoms with Gasteiger partial charge < -0.3 is 9.84 Å². The summed E-state index contributed by atoms with van der Waals surface area (Å²) < 4.78 is 5.15. The van der Waals surface area contributed by atoms with Crippen LogP contribution in [0.1, 0.15) is 41.5 Å². The highest BCUT2D eigenvalue weighted by atomic mass is 16.6. The fraction of sp³-hybridized carbons (Fsp3) is 0.833. The average molecular weight is 245 g/mol. The maximum atomic E-state index is 11.8. The van der Waals surface area contributed by atoms with Crippen molar-refractivity contribution in [3.05, 3.63) is 0 Å². The van der Waals surface area contributed by atoms with E-state index in [1.54, 1.807) is 41.5 Å². The van der Waals surface area contributed by atoms with Crippen LogP contribution in [0.5, 0.6) is 0 Å². The van der Waals surface area contributed by atoms with Crippen molar-refractivity contribution in [2.24, 2.45) is 5.41 Å². The van der Waals surface area contributed by atoms with Crippen molar-refractivity contribution in [1.29, 1.82) is 0 Å². The Morgan fingerprint density at radius 1 is 1.12 bits per heavy atom. The van der Waals surface area contributed by atoms with Crippen molar-refractivity contribution in [2.75, 3.05) is 7.05 Å². The predicted molar refractivity (Wildman–Crippen MR) is 64.9 cm³/mol. The first-order chi connectivity index (χ1) is 7.36. The van der Waals surface area contributed by atoms with Gasteiger partial charge in [-0.1, -0.05) is 20.8 Å². The van der Waals surface area contributed by atoms with Crippen molar-refractivity contribution in [1.82, 2.24) is 4.90 Å². The van der Waals surface area contributed by atoms with Gasteiger partial charge >= 0.3 is 12.1 Å². The number of carbonyl (C=O) groups is 2. The Bertz CT molecular complexity index is 299. The number of carbonyl (C=O) groups excluding carboxylic acids is 1. The van der Waals surface area contributed by atoms with E-state index >= 15 is 0 Å². The van der Waals surface area contributed by atoms with Gasteiger partial charge in [0, 0.05) is 7.05 Å². The molecular formula is C12H23NO4. The third kappa shape index (κ3) is 5.06. The first kappa shape index (κ1) is 15.7. The molecule has 5 heteroatoms. The number of hydrogen-bond acceptors (Lipinski definition) is 3. The summed E-state index contributed by atoms with van der Waals surface area (Å²) in [5.41, 5.74) is -1.19. The fourth-order valence-electron chi connectivity index (χ4n) is 1.56. The molecule has 0 aromatic carbocycles. The van der Waals surface area contributed by atoms with E-state index in [-0.39, 0.29) is 0 Å². The minimum Gasteiger partial charge on any atom is -0.480 e. The van der Waals surface area contributed by atoms with Gasteiger partial charge in [0.25, 0.3) is 0 Å². The molecule has 0 saturated heterocycles. The molecule has 0 aliphatic carbocycles. The maximum Gasteiger partial charge on any atom is 0.410 e. The smallest absolute Gasteiger partial charge is 0.410 e. The van der Waals surface area contributed by atoms with Gasteiger partial charge in [0.1, 0.15) is 11.6 Å². The summed E-state index contributed by atoms with van der Waals surface area (Å²) in [4.78, 5) is 24.1. The van der Waals surface area contributed by atoms with E-state index in [4.69, 9.17) is 4.74 Å². The summed E-state index contributed by atoms with van der Waals surface area (Å²) in [6.45, 7) is 10.5. The Balaban J connectivity index is 4.93. The molecule has 0 aliphatic heterocycles. The molecule has 1 amide bonds. The van der Waals surface area contributed by atoms with Crippen LogP contribution >= 0.6 is 0 Å². The Labute approximate surface area is 103 Å². The zero-order valence-electron chi connectivity index (χ0n) is 11.7. The van der Waals surface area contributed by atoms with Crippen LogP contribution in [0.15, 0.2) is 0 Å². The number of carboxylic acid groups (broad SMARTS) is 1. The lowest BCUT2D eigenvalue weighted by molar-refractivity contribution is -0.146. The molecule has 0 heterocycles. The molecule has 100 valence electrons. The summed E-state index contributed by atoms with van der Waals surface area (Å²) >= 11 is 0. The maximum absolute atomic E-state index is 11.8. The second-order valence-corrected chi connectivity index (χ2v) is 6.20. The SMILES string of the molecule is CN(C(=O)OC(C)(C)C)[C@@H](C(=O)O)C(C)(C)C. The second kappa shape index (κ2) is 4.94. The van der Waals surface area contributed by atoms with Crippen LogP contribution in [0.4, 0.5) is 4.79 Å². The van der Waals surface area contributed by atoms with Gasteiger partial charge in [0.2, 0.25) is 0 Å². The molecule has 0 aromatic heterocycles. The van der Waals surface area contributed by atoms with Crippen LogP contribution in [0.3, 0.4) is 0 Å². The fourth-order valence-corrected chi connectivity index (χ4v) is 1.56. The van der Waals surface area contributed by atoms with Crippen molar-refractivity contribution < 1.29 is 19.4 Å². The number of nitrogens with zero attached hydrogens (tertiary/aromatic N) is 1. The van der Waals surface area contributed by atoms with Crippen LogP contribution in [0.25, 0.3) is 0 Å². The average Bonchev–Trinajstić information content (AvgIpc) is 1.96. The molecule has 1 atom stereocenters. The van der Waals surface area contributed by atoms with E-state index in [0.717, 1.165) is 4.90 Å². The minimum atomic E-state index is -1.04. The molecule has 0 aromatic rings. The lowest BCUT2D eigenvalue weighted by Crippen LogP contribution is -2.51. The highest BCUT2D eigenvalue weighted by molar-refractivity contribution is 5.80. The zero-order valence-corrected chi connectivity index (χ0v) is 11.7. The number of rotatable bonds is 2. The first-order valence-electron chi connectivity index (χ1n) is 5.55. The third-order valence-electron chi connectivity index (χ3n) is 2.12. The number of ether oxygens (including phenoxy) is 1. The third-order valence-corrected chi connectivity index (χ3v) is 2.12. The van der Waals surface area contributed by atoms with Gasteiger partial charge in [0.05, 0.1) is 0 Å². The summed E-state index contributed by atoms with van der Waals surface area (Å²) in [7, 11) is 1.44. The van der Waals surface area contributed by atoms with E-state index in [1.165, 1.54) is 7.05 Å². The monoisotopic (exact) mass is 245 g/mol. The molecule has 17 heavy (non-hydrogen) atoms. The van der Waals surface area contributed by atoms with Crippen LogP contribution < -0.4 is 0 Å². The Morgan fingerprint density at radius 3 is 1.76 bits per heavy atom. The largest absolute Gasteiger partial charge is 0.480 e. The van der Waals surface area contributed by atoms with E-state index in [0.29, 0.717) is 0 Å². The molecule has 0 spiro atoms.